The first-order chi connectivity index (χ1) is 6.14. The molecule has 1 amide bonds. The molecule has 1 saturated heterocycles. The van der Waals surface area contributed by atoms with Crippen LogP contribution >= 0.6 is 0 Å². The molecular formula is C6H5F6NO. The number of carbonyl (C=O) groups excluding carboxylic acids is 1. The summed E-state index contributed by atoms with van der Waals surface area (Å²) in [6, 6.07) is -2.28. The van der Waals surface area contributed by atoms with E-state index in [9.17, 15) is 31.1 Å². The van der Waals surface area contributed by atoms with Crippen molar-refractivity contribution in [3.8, 4) is 0 Å². The molecule has 82 valence electrons. The zero-order valence-corrected chi connectivity index (χ0v) is 6.61. The third-order valence-corrected chi connectivity index (χ3v) is 1.90. The van der Waals surface area contributed by atoms with Gasteiger partial charge in [-0.2, -0.15) is 26.3 Å². The van der Waals surface area contributed by atoms with Crippen molar-refractivity contribution >= 4 is 5.91 Å². The van der Waals surface area contributed by atoms with Gasteiger partial charge in [-0.05, 0) is 6.42 Å². The van der Waals surface area contributed by atoms with Crippen LogP contribution in [0, 0.1) is 0 Å². The van der Waals surface area contributed by atoms with Crippen molar-refractivity contribution < 1.29 is 31.1 Å². The van der Waals surface area contributed by atoms with E-state index in [4.69, 9.17) is 0 Å². The van der Waals surface area contributed by atoms with Gasteiger partial charge in [0.25, 0.3) is 0 Å². The maximum Gasteiger partial charge on any atom is 0.471 e. The Labute approximate surface area is 74.5 Å². The molecule has 1 heterocycles. The van der Waals surface area contributed by atoms with Gasteiger partial charge in [-0.1, -0.05) is 0 Å². The van der Waals surface area contributed by atoms with Crippen LogP contribution in [0.2, 0.25) is 0 Å². The fourth-order valence-corrected chi connectivity index (χ4v) is 1.13. The van der Waals surface area contributed by atoms with E-state index in [0.717, 1.165) is 0 Å². The Balaban J connectivity index is 2.69. The van der Waals surface area contributed by atoms with Crippen molar-refractivity contribution in [2.24, 2.45) is 0 Å². The Kier molecular flexibility index (Phi) is 2.41. The Morgan fingerprint density at radius 2 is 1.64 bits per heavy atom. The monoisotopic (exact) mass is 221 g/mol. The molecule has 1 aliphatic heterocycles. The second-order valence-electron chi connectivity index (χ2n) is 2.84. The number of hydrogen-bond donors (Lipinski definition) is 0. The lowest BCUT2D eigenvalue weighted by atomic mass is 10.0. The molecule has 0 bridgehead atoms. The van der Waals surface area contributed by atoms with Crippen LogP contribution in [0.25, 0.3) is 0 Å². The Morgan fingerprint density at radius 3 is 1.86 bits per heavy atom. The first kappa shape index (κ1) is 11.1. The SMILES string of the molecule is O=C(N1CC[C@@H]1C(F)(F)F)C(F)(F)F. The Bertz CT molecular complexity index is 244. The summed E-state index contributed by atoms with van der Waals surface area (Å²) in [5.74, 6) is -2.42. The molecule has 14 heavy (non-hydrogen) atoms. The first-order valence-corrected chi connectivity index (χ1v) is 3.58. The summed E-state index contributed by atoms with van der Waals surface area (Å²) in [5.41, 5.74) is 0. The summed E-state index contributed by atoms with van der Waals surface area (Å²) in [4.78, 5) is 10.2. The minimum atomic E-state index is -5.23. The molecule has 1 atom stereocenters. The van der Waals surface area contributed by atoms with E-state index in [2.05, 4.69) is 0 Å². The van der Waals surface area contributed by atoms with Crippen molar-refractivity contribution in [1.29, 1.82) is 0 Å². The standard InChI is InChI=1S/C6H5F6NO/c7-5(8,9)3-1-2-13(3)4(14)6(10,11)12/h3H,1-2H2/t3-/m1/s1. The van der Waals surface area contributed by atoms with Crippen molar-refractivity contribution in [2.45, 2.75) is 24.8 Å². The van der Waals surface area contributed by atoms with Gasteiger partial charge in [-0.15, -0.1) is 0 Å². The minimum absolute atomic E-state index is 0.208. The number of halogens is 6. The fraction of sp³-hybridized carbons (Fsp3) is 0.833. The third-order valence-electron chi connectivity index (χ3n) is 1.90. The van der Waals surface area contributed by atoms with E-state index in [1.165, 1.54) is 0 Å². The van der Waals surface area contributed by atoms with Crippen LogP contribution in [0.1, 0.15) is 6.42 Å². The molecule has 1 aliphatic rings. The van der Waals surface area contributed by atoms with Crippen molar-refractivity contribution in [3.63, 3.8) is 0 Å². The van der Waals surface area contributed by atoms with Crippen LogP contribution in [0.15, 0.2) is 0 Å². The Morgan fingerprint density at radius 1 is 1.14 bits per heavy atom. The van der Waals surface area contributed by atoms with Crippen molar-refractivity contribution in [2.75, 3.05) is 6.54 Å². The highest BCUT2D eigenvalue weighted by Gasteiger charge is 2.56. The summed E-state index contributed by atoms with van der Waals surface area (Å²) >= 11 is 0. The molecule has 8 heteroatoms. The number of carbonyl (C=O) groups is 1. The highest BCUT2D eigenvalue weighted by Crippen LogP contribution is 2.36. The average molecular weight is 221 g/mol. The summed E-state index contributed by atoms with van der Waals surface area (Å²) in [5, 5.41) is 0. The molecule has 0 aromatic rings. The fourth-order valence-electron chi connectivity index (χ4n) is 1.13. The van der Waals surface area contributed by atoms with Gasteiger partial charge in [0, 0.05) is 6.54 Å². The summed E-state index contributed by atoms with van der Waals surface area (Å²) in [7, 11) is 0. The van der Waals surface area contributed by atoms with Gasteiger partial charge in [0.15, 0.2) is 0 Å². The van der Waals surface area contributed by atoms with E-state index in [1.807, 2.05) is 0 Å². The van der Waals surface area contributed by atoms with Crippen molar-refractivity contribution in [3.05, 3.63) is 0 Å². The number of alkyl halides is 6. The van der Waals surface area contributed by atoms with Crippen LogP contribution in [0.5, 0.6) is 0 Å². The van der Waals surface area contributed by atoms with Crippen LogP contribution in [-0.4, -0.2) is 35.7 Å². The summed E-state index contributed by atoms with van der Waals surface area (Å²) in [6.07, 6.45) is -10.5. The predicted molar refractivity (Wildman–Crippen MR) is 32.2 cm³/mol. The lowest BCUT2D eigenvalue weighted by Gasteiger charge is -2.41. The molecule has 1 fully saturated rings. The highest BCUT2D eigenvalue weighted by molar-refractivity contribution is 5.83. The van der Waals surface area contributed by atoms with E-state index in [1.54, 1.807) is 0 Å². The first-order valence-electron chi connectivity index (χ1n) is 3.58. The topological polar surface area (TPSA) is 20.3 Å². The smallest absolute Gasteiger partial charge is 0.323 e. The van der Waals surface area contributed by atoms with Crippen LogP contribution in [-0.2, 0) is 4.79 Å². The molecule has 0 saturated carbocycles. The van der Waals surface area contributed by atoms with E-state index in [-0.39, 0.29) is 4.90 Å². The largest absolute Gasteiger partial charge is 0.471 e. The zero-order valence-electron chi connectivity index (χ0n) is 6.61. The van der Waals surface area contributed by atoms with Gasteiger partial charge in [0.2, 0.25) is 0 Å². The van der Waals surface area contributed by atoms with Gasteiger partial charge in [-0.25, -0.2) is 0 Å². The van der Waals surface area contributed by atoms with E-state index in [0.29, 0.717) is 0 Å². The maximum absolute atomic E-state index is 11.9. The highest BCUT2D eigenvalue weighted by atomic mass is 19.4. The van der Waals surface area contributed by atoms with Crippen LogP contribution in [0.4, 0.5) is 26.3 Å². The van der Waals surface area contributed by atoms with E-state index < -0.39 is 37.3 Å². The zero-order chi connectivity index (χ0) is 11.1. The van der Waals surface area contributed by atoms with Gasteiger partial charge in [-0.3, -0.25) is 4.79 Å². The van der Waals surface area contributed by atoms with Gasteiger partial charge in [0.05, 0.1) is 0 Å². The molecule has 0 unspecified atom stereocenters. The maximum atomic E-state index is 11.9. The van der Waals surface area contributed by atoms with Crippen molar-refractivity contribution in [1.82, 2.24) is 4.90 Å². The summed E-state index contributed by atoms with van der Waals surface area (Å²) < 4.78 is 71.0. The molecule has 1 rings (SSSR count). The Hall–Kier alpha value is -0.950. The molecule has 0 aromatic carbocycles. The normalized spacial score (nSPS) is 23.3. The number of nitrogens with zero attached hydrogens (tertiary/aromatic N) is 1. The van der Waals surface area contributed by atoms with Gasteiger partial charge >= 0.3 is 18.3 Å². The van der Waals surface area contributed by atoms with Crippen LogP contribution < -0.4 is 0 Å². The molecule has 0 spiro atoms. The average Bonchev–Trinajstić information content (AvgIpc) is 1.77. The molecule has 2 nitrogen and oxygen atoms in total. The second-order valence-corrected chi connectivity index (χ2v) is 2.84. The molecule has 0 aromatic heterocycles. The lowest BCUT2D eigenvalue weighted by Crippen LogP contribution is -2.61. The minimum Gasteiger partial charge on any atom is -0.323 e. The number of amides is 1. The summed E-state index contributed by atoms with van der Waals surface area (Å²) in [6.45, 7) is -0.498. The lowest BCUT2D eigenvalue weighted by molar-refractivity contribution is -0.232. The molecular weight excluding hydrogens is 216 g/mol. The number of rotatable bonds is 0. The van der Waals surface area contributed by atoms with Gasteiger partial charge in [0.1, 0.15) is 6.04 Å². The number of likely N-dealkylation sites (tertiary alicyclic amines) is 1. The molecule has 0 radical (unpaired) electrons. The van der Waals surface area contributed by atoms with Crippen LogP contribution in [0.3, 0.4) is 0 Å². The molecule has 0 aliphatic carbocycles. The molecule has 0 N–H and O–H groups in total. The predicted octanol–water partition coefficient (Wildman–Crippen LogP) is 1.71. The third kappa shape index (κ3) is 1.93. The second kappa shape index (κ2) is 3.03. The number of hydrogen-bond acceptors (Lipinski definition) is 1. The van der Waals surface area contributed by atoms with Gasteiger partial charge < -0.3 is 4.90 Å². The van der Waals surface area contributed by atoms with E-state index >= 15 is 0 Å². The quantitative estimate of drug-likeness (QED) is 0.570.